The van der Waals surface area contributed by atoms with Gasteiger partial charge in [0, 0.05) is 13.0 Å². The van der Waals surface area contributed by atoms with Crippen LogP contribution >= 0.6 is 0 Å². The summed E-state index contributed by atoms with van der Waals surface area (Å²) in [6.45, 7) is 9.31. The van der Waals surface area contributed by atoms with Gasteiger partial charge >= 0.3 is 0 Å². The number of nitrogens with one attached hydrogen (secondary N) is 2. The van der Waals surface area contributed by atoms with Gasteiger partial charge in [-0.3, -0.25) is 4.79 Å². The zero-order chi connectivity index (χ0) is 15.4. The van der Waals surface area contributed by atoms with Gasteiger partial charge in [0.2, 0.25) is 5.91 Å². The van der Waals surface area contributed by atoms with Crippen molar-refractivity contribution < 1.29 is 4.79 Å². The molecule has 1 amide bonds. The summed E-state index contributed by atoms with van der Waals surface area (Å²) < 4.78 is 0. The van der Waals surface area contributed by atoms with Gasteiger partial charge in [-0.1, -0.05) is 32.0 Å². The largest absolute Gasteiger partial charge is 0.350 e. The van der Waals surface area contributed by atoms with E-state index in [0.717, 1.165) is 25.8 Å². The highest BCUT2D eigenvalue weighted by Gasteiger charge is 2.21. The number of benzene rings is 1. The van der Waals surface area contributed by atoms with Crippen LogP contribution in [0.25, 0.3) is 0 Å². The van der Waals surface area contributed by atoms with E-state index in [1.165, 1.54) is 16.7 Å². The van der Waals surface area contributed by atoms with Crippen LogP contribution in [0.15, 0.2) is 18.2 Å². The van der Waals surface area contributed by atoms with Gasteiger partial charge < -0.3 is 10.6 Å². The number of hydrogen-bond donors (Lipinski definition) is 2. The van der Waals surface area contributed by atoms with Crippen LogP contribution in [-0.2, 0) is 11.2 Å². The van der Waals surface area contributed by atoms with Gasteiger partial charge in [-0.15, -0.1) is 0 Å². The number of carbonyl (C=O) groups is 1. The van der Waals surface area contributed by atoms with Crippen molar-refractivity contribution in [2.75, 3.05) is 6.54 Å². The fourth-order valence-electron chi connectivity index (χ4n) is 3.03. The van der Waals surface area contributed by atoms with Crippen molar-refractivity contribution in [2.45, 2.75) is 59.0 Å². The van der Waals surface area contributed by atoms with E-state index in [9.17, 15) is 4.79 Å². The van der Waals surface area contributed by atoms with Crippen LogP contribution in [0.3, 0.4) is 0 Å². The maximum Gasteiger partial charge on any atom is 0.217 e. The van der Waals surface area contributed by atoms with Crippen molar-refractivity contribution in [2.24, 2.45) is 5.92 Å². The zero-order valence-corrected chi connectivity index (χ0v) is 13.7. The Morgan fingerprint density at radius 3 is 2.76 bits per heavy atom. The van der Waals surface area contributed by atoms with E-state index in [4.69, 9.17) is 0 Å². The van der Waals surface area contributed by atoms with E-state index >= 15 is 0 Å². The Morgan fingerprint density at radius 1 is 1.33 bits per heavy atom. The molecule has 0 saturated carbocycles. The average Bonchev–Trinajstić information content (AvgIpc) is 2.44. The predicted octanol–water partition coefficient (Wildman–Crippen LogP) is 3.51. The fourth-order valence-corrected chi connectivity index (χ4v) is 3.03. The molecule has 3 heteroatoms. The SMILES string of the molecule is CC(=O)N[C@@H]1CCCc2cc([C@@H](C)NCC(C)C)ccc21. The maximum absolute atomic E-state index is 11.3. The second kappa shape index (κ2) is 7.08. The highest BCUT2D eigenvalue weighted by atomic mass is 16.1. The highest BCUT2D eigenvalue weighted by Crippen LogP contribution is 2.31. The molecule has 2 atom stereocenters. The molecule has 21 heavy (non-hydrogen) atoms. The Morgan fingerprint density at radius 2 is 2.10 bits per heavy atom. The minimum absolute atomic E-state index is 0.0592. The van der Waals surface area contributed by atoms with Crippen molar-refractivity contribution in [3.63, 3.8) is 0 Å². The van der Waals surface area contributed by atoms with E-state index < -0.39 is 0 Å². The van der Waals surface area contributed by atoms with Crippen LogP contribution < -0.4 is 10.6 Å². The Hall–Kier alpha value is -1.35. The van der Waals surface area contributed by atoms with Crippen LogP contribution in [-0.4, -0.2) is 12.5 Å². The lowest BCUT2D eigenvalue weighted by Crippen LogP contribution is -2.29. The zero-order valence-electron chi connectivity index (χ0n) is 13.7. The first-order valence-electron chi connectivity index (χ1n) is 8.10. The molecule has 0 radical (unpaired) electrons. The van der Waals surface area contributed by atoms with Gasteiger partial charge in [-0.05, 0) is 55.3 Å². The Bertz CT molecular complexity index is 496. The van der Waals surface area contributed by atoms with Crippen molar-refractivity contribution in [1.29, 1.82) is 0 Å². The summed E-state index contributed by atoms with van der Waals surface area (Å²) in [6, 6.07) is 7.30. The normalized spacial score (nSPS) is 19.2. The monoisotopic (exact) mass is 288 g/mol. The molecule has 2 N–H and O–H groups in total. The third-order valence-corrected chi connectivity index (χ3v) is 4.19. The van der Waals surface area contributed by atoms with E-state index in [0.29, 0.717) is 12.0 Å². The molecule has 0 aliphatic heterocycles. The first kappa shape index (κ1) is 16.0. The van der Waals surface area contributed by atoms with E-state index in [1.807, 2.05) is 0 Å². The highest BCUT2D eigenvalue weighted by molar-refractivity contribution is 5.73. The molecular formula is C18H28N2O. The van der Waals surface area contributed by atoms with Gasteiger partial charge in [0.05, 0.1) is 6.04 Å². The summed E-state index contributed by atoms with van der Waals surface area (Å²) in [6.07, 6.45) is 3.32. The smallest absolute Gasteiger partial charge is 0.217 e. The van der Waals surface area contributed by atoms with Gasteiger partial charge in [-0.2, -0.15) is 0 Å². The lowest BCUT2D eigenvalue weighted by molar-refractivity contribution is -0.119. The summed E-state index contributed by atoms with van der Waals surface area (Å²) >= 11 is 0. The molecule has 1 aliphatic rings. The third-order valence-electron chi connectivity index (χ3n) is 4.19. The van der Waals surface area contributed by atoms with E-state index in [1.54, 1.807) is 6.92 Å². The Kier molecular flexibility index (Phi) is 5.40. The van der Waals surface area contributed by atoms with Gasteiger partial charge in [0.25, 0.3) is 0 Å². The van der Waals surface area contributed by atoms with Crippen LogP contribution in [0.2, 0.25) is 0 Å². The number of amides is 1. The molecular weight excluding hydrogens is 260 g/mol. The van der Waals surface area contributed by atoms with Gasteiger partial charge in [-0.25, -0.2) is 0 Å². The summed E-state index contributed by atoms with van der Waals surface area (Å²) in [5, 5.41) is 6.65. The predicted molar refractivity (Wildman–Crippen MR) is 87.2 cm³/mol. The molecule has 0 unspecified atom stereocenters. The lowest BCUT2D eigenvalue weighted by Gasteiger charge is -2.27. The first-order valence-corrected chi connectivity index (χ1v) is 8.10. The van der Waals surface area contributed by atoms with E-state index in [2.05, 4.69) is 49.6 Å². The molecule has 0 fully saturated rings. The molecule has 1 aliphatic carbocycles. The summed E-state index contributed by atoms with van der Waals surface area (Å²) in [5.41, 5.74) is 4.05. The van der Waals surface area contributed by atoms with Crippen LogP contribution in [0, 0.1) is 5.92 Å². The van der Waals surface area contributed by atoms with Crippen molar-refractivity contribution in [1.82, 2.24) is 10.6 Å². The molecule has 0 saturated heterocycles. The Labute approximate surface area is 128 Å². The number of aryl methyl sites for hydroxylation is 1. The molecule has 0 heterocycles. The van der Waals surface area contributed by atoms with Crippen molar-refractivity contribution in [3.8, 4) is 0 Å². The lowest BCUT2D eigenvalue weighted by atomic mass is 9.85. The number of hydrogen-bond acceptors (Lipinski definition) is 2. The minimum Gasteiger partial charge on any atom is -0.350 e. The topological polar surface area (TPSA) is 41.1 Å². The molecule has 0 aromatic heterocycles. The molecule has 0 spiro atoms. The first-order chi connectivity index (χ1) is 9.97. The fraction of sp³-hybridized carbons (Fsp3) is 0.611. The molecule has 116 valence electrons. The third kappa shape index (κ3) is 4.31. The molecule has 1 aromatic rings. The van der Waals surface area contributed by atoms with Crippen molar-refractivity contribution in [3.05, 3.63) is 34.9 Å². The number of fused-ring (bicyclic) bond motifs is 1. The summed E-state index contributed by atoms with van der Waals surface area (Å²) in [4.78, 5) is 11.3. The average molecular weight is 288 g/mol. The molecule has 0 bridgehead atoms. The van der Waals surface area contributed by atoms with Crippen LogP contribution in [0.4, 0.5) is 0 Å². The van der Waals surface area contributed by atoms with Crippen LogP contribution in [0.5, 0.6) is 0 Å². The molecule has 3 nitrogen and oxygen atoms in total. The van der Waals surface area contributed by atoms with Gasteiger partial charge in [0.15, 0.2) is 0 Å². The van der Waals surface area contributed by atoms with Gasteiger partial charge in [0.1, 0.15) is 0 Å². The second-order valence-electron chi connectivity index (χ2n) is 6.63. The molecule has 2 rings (SSSR count). The minimum atomic E-state index is 0.0592. The van der Waals surface area contributed by atoms with Crippen LogP contribution in [0.1, 0.15) is 69.3 Å². The quantitative estimate of drug-likeness (QED) is 0.870. The van der Waals surface area contributed by atoms with E-state index in [-0.39, 0.29) is 11.9 Å². The standard InChI is InChI=1S/C18H28N2O/c1-12(2)11-19-13(3)15-8-9-17-16(10-15)6-5-7-18(17)20-14(4)21/h8-10,12-13,18-19H,5-7,11H2,1-4H3,(H,20,21)/t13-,18-/m1/s1. The Balaban J connectivity index is 2.13. The summed E-state index contributed by atoms with van der Waals surface area (Å²) in [7, 11) is 0. The summed E-state index contributed by atoms with van der Waals surface area (Å²) in [5.74, 6) is 0.720. The second-order valence-corrected chi connectivity index (χ2v) is 6.63. The molecule has 1 aromatic carbocycles. The number of rotatable bonds is 5. The maximum atomic E-state index is 11.3. The number of carbonyl (C=O) groups excluding carboxylic acids is 1. The van der Waals surface area contributed by atoms with Crippen molar-refractivity contribution >= 4 is 5.91 Å².